The first-order valence-corrected chi connectivity index (χ1v) is 16.3. The van der Waals surface area contributed by atoms with Crippen molar-refractivity contribution in [2.75, 3.05) is 12.0 Å². The molecule has 13 heteroatoms. The van der Waals surface area contributed by atoms with Gasteiger partial charge in [0.25, 0.3) is 0 Å². The van der Waals surface area contributed by atoms with Crippen LogP contribution in [0.1, 0.15) is 29.5 Å². The van der Waals surface area contributed by atoms with Crippen LogP contribution in [0.3, 0.4) is 0 Å². The Morgan fingerprint density at radius 2 is 1.40 bits per heavy atom. The summed E-state index contributed by atoms with van der Waals surface area (Å²) in [5.74, 6) is -1.88. The molecule has 2 amide bonds. The van der Waals surface area contributed by atoms with Crippen LogP contribution in [-0.4, -0.2) is 36.2 Å². The van der Waals surface area contributed by atoms with Crippen molar-refractivity contribution in [1.82, 2.24) is 5.32 Å². The second kappa shape index (κ2) is 18.9. The number of hydrogen-bond donors (Lipinski definition) is 3. The lowest BCUT2D eigenvalue weighted by molar-refractivity contribution is -0.192. The van der Waals surface area contributed by atoms with Crippen LogP contribution in [0, 0.1) is 5.82 Å². The molecule has 0 aliphatic rings. The first-order valence-electron chi connectivity index (χ1n) is 16.3. The predicted octanol–water partition coefficient (Wildman–Crippen LogP) is 8.02. The van der Waals surface area contributed by atoms with Gasteiger partial charge in [0, 0.05) is 31.5 Å². The van der Waals surface area contributed by atoms with E-state index < -0.39 is 18.0 Å². The number of ether oxygens (including phenoxy) is 2. The number of carbonyl (C=O) groups excluding carboxylic acids is 2. The minimum Gasteiger partial charge on any atom is -0.497 e. The molecule has 0 aromatic heterocycles. The monoisotopic (exact) mass is 731 g/mol. The summed E-state index contributed by atoms with van der Waals surface area (Å²) in [6.07, 6.45) is -5.19. The number of nitrogens with zero attached hydrogens (tertiary/aromatic N) is 1. The van der Waals surface area contributed by atoms with Gasteiger partial charge in [-0.25, -0.2) is 9.18 Å². The van der Waals surface area contributed by atoms with Crippen LogP contribution in [0.15, 0.2) is 121 Å². The highest BCUT2D eigenvalue weighted by atomic mass is 19.4. The van der Waals surface area contributed by atoms with E-state index in [9.17, 15) is 27.2 Å². The van der Waals surface area contributed by atoms with Gasteiger partial charge < -0.3 is 30.5 Å². The molecular formula is C40H37F4N3O6. The number of halogens is 4. The maximum atomic E-state index is 14.0. The van der Waals surface area contributed by atoms with Gasteiger partial charge in [0.1, 0.15) is 17.3 Å². The number of benzene rings is 5. The van der Waals surface area contributed by atoms with Gasteiger partial charge in [-0.05, 0) is 64.7 Å². The van der Waals surface area contributed by atoms with Crippen LogP contribution in [0.5, 0.6) is 17.2 Å². The van der Waals surface area contributed by atoms with E-state index in [1.165, 1.54) is 6.07 Å². The molecule has 9 nitrogen and oxygen atoms in total. The quantitative estimate of drug-likeness (QED) is 0.105. The Morgan fingerprint density at radius 1 is 0.774 bits per heavy atom. The number of hydrogen-bond acceptors (Lipinski definition) is 6. The van der Waals surface area contributed by atoms with Crippen molar-refractivity contribution in [3.8, 4) is 28.4 Å². The van der Waals surface area contributed by atoms with Crippen molar-refractivity contribution in [3.63, 3.8) is 0 Å². The van der Waals surface area contributed by atoms with Crippen molar-refractivity contribution in [2.24, 2.45) is 5.73 Å². The summed E-state index contributed by atoms with van der Waals surface area (Å²) in [5, 5.41) is 9.84. The number of anilines is 1. The number of para-hydroxylation sites is 2. The van der Waals surface area contributed by atoms with Gasteiger partial charge >= 0.3 is 12.1 Å². The number of nitrogens with two attached hydrogens (primary N) is 1. The molecule has 4 N–H and O–H groups in total. The summed E-state index contributed by atoms with van der Waals surface area (Å²) in [4.78, 5) is 37.0. The van der Waals surface area contributed by atoms with E-state index in [-0.39, 0.29) is 37.7 Å². The smallest absolute Gasteiger partial charge is 0.490 e. The van der Waals surface area contributed by atoms with E-state index in [0.717, 1.165) is 28.0 Å². The number of carboxylic acids is 1. The second-order valence-electron chi connectivity index (χ2n) is 11.5. The highest BCUT2D eigenvalue weighted by Gasteiger charge is 2.38. The number of carboxylic acid groups (broad SMARTS) is 1. The minimum absolute atomic E-state index is 0.0441. The van der Waals surface area contributed by atoms with Crippen LogP contribution in [0.2, 0.25) is 0 Å². The van der Waals surface area contributed by atoms with Crippen LogP contribution < -0.4 is 25.4 Å². The molecular weight excluding hydrogens is 694 g/mol. The molecule has 5 rings (SSSR count). The van der Waals surface area contributed by atoms with E-state index in [4.69, 9.17) is 25.1 Å². The van der Waals surface area contributed by atoms with E-state index >= 15 is 0 Å². The molecule has 0 atom stereocenters. The molecule has 0 bridgehead atoms. The number of rotatable bonds is 13. The number of aliphatic carboxylic acids is 1. The zero-order chi connectivity index (χ0) is 38.4. The Balaban J connectivity index is 0.000000815. The summed E-state index contributed by atoms with van der Waals surface area (Å²) < 4.78 is 57.3. The maximum absolute atomic E-state index is 14.0. The molecule has 0 heterocycles. The molecule has 53 heavy (non-hydrogen) atoms. The van der Waals surface area contributed by atoms with Crippen molar-refractivity contribution in [2.45, 2.75) is 38.7 Å². The van der Waals surface area contributed by atoms with Crippen LogP contribution >= 0.6 is 0 Å². The van der Waals surface area contributed by atoms with E-state index in [1.807, 2.05) is 91.0 Å². The molecule has 0 saturated carbocycles. The average molecular weight is 732 g/mol. The Morgan fingerprint density at radius 3 is 2.02 bits per heavy atom. The van der Waals surface area contributed by atoms with Gasteiger partial charge in [0.05, 0.1) is 19.3 Å². The Hall–Kier alpha value is -6.21. The lowest BCUT2D eigenvalue weighted by Gasteiger charge is -2.25. The van der Waals surface area contributed by atoms with E-state index in [2.05, 4.69) is 5.32 Å². The third-order valence-corrected chi connectivity index (χ3v) is 7.78. The minimum atomic E-state index is -5.08. The molecule has 5 aromatic rings. The summed E-state index contributed by atoms with van der Waals surface area (Å²) in [6.45, 7) is 0.666. The van der Waals surface area contributed by atoms with Gasteiger partial charge in [-0.1, -0.05) is 78.9 Å². The molecule has 0 spiro atoms. The fourth-order valence-corrected chi connectivity index (χ4v) is 4.99. The molecule has 276 valence electrons. The highest BCUT2D eigenvalue weighted by Crippen LogP contribution is 2.34. The molecule has 0 saturated heterocycles. The molecule has 0 radical (unpaired) electrons. The van der Waals surface area contributed by atoms with E-state index in [1.54, 1.807) is 36.3 Å². The second-order valence-corrected chi connectivity index (χ2v) is 11.5. The molecule has 0 unspecified atom stereocenters. The Kier molecular flexibility index (Phi) is 14.1. The lowest BCUT2D eigenvalue weighted by Crippen LogP contribution is -2.32. The lowest BCUT2D eigenvalue weighted by atomic mass is 10.0. The third kappa shape index (κ3) is 11.9. The van der Waals surface area contributed by atoms with Crippen molar-refractivity contribution < 1.29 is 46.5 Å². The number of amides is 2. The number of carbonyl (C=O) groups is 3. The summed E-state index contributed by atoms with van der Waals surface area (Å²) >= 11 is 0. The SMILES string of the molecule is COc1ccc(-c2ccc(CN(C(=O)CCC(=O)NCc3ccccc3F)c3ccccc3Oc3cccc(CN)c3)cc2)cc1.O=C(O)C(F)(F)F. The standard InChI is InChI=1S/C38H36FN3O4.C2HF3O2/c1-45-32-19-17-30(18-20-32)29-15-13-27(14-16-29)26-42(38(44)22-21-37(43)41-25-31-8-2-3-10-34(31)39)35-11-4-5-12-36(35)46-33-9-6-7-28(23-33)24-40;3-2(4,5)1(6)7/h2-20,23H,21-22,24-26,40H2,1H3,(H,41,43);(H,6,7). The first kappa shape index (κ1) is 39.6. The third-order valence-electron chi connectivity index (χ3n) is 7.78. The van der Waals surface area contributed by atoms with Crippen molar-refractivity contribution in [3.05, 3.63) is 144 Å². The summed E-state index contributed by atoms with van der Waals surface area (Å²) in [7, 11) is 1.63. The van der Waals surface area contributed by atoms with Gasteiger partial charge in [0.15, 0.2) is 5.75 Å². The zero-order valence-electron chi connectivity index (χ0n) is 28.6. The van der Waals surface area contributed by atoms with Crippen LogP contribution in [0.4, 0.5) is 23.2 Å². The maximum Gasteiger partial charge on any atom is 0.490 e. The topological polar surface area (TPSA) is 131 Å². The van der Waals surface area contributed by atoms with Crippen molar-refractivity contribution in [1.29, 1.82) is 0 Å². The van der Waals surface area contributed by atoms with Gasteiger partial charge in [-0.3, -0.25) is 9.59 Å². The Labute approximate surface area is 303 Å². The highest BCUT2D eigenvalue weighted by molar-refractivity contribution is 5.96. The zero-order valence-corrected chi connectivity index (χ0v) is 28.6. The van der Waals surface area contributed by atoms with Crippen LogP contribution in [-0.2, 0) is 34.0 Å². The fourth-order valence-electron chi connectivity index (χ4n) is 4.99. The molecule has 0 aliphatic heterocycles. The van der Waals surface area contributed by atoms with Gasteiger partial charge in [-0.2, -0.15) is 13.2 Å². The van der Waals surface area contributed by atoms with Gasteiger partial charge in [-0.15, -0.1) is 0 Å². The largest absolute Gasteiger partial charge is 0.497 e. The predicted molar refractivity (Wildman–Crippen MR) is 192 cm³/mol. The van der Waals surface area contributed by atoms with E-state index in [0.29, 0.717) is 29.3 Å². The fraction of sp³-hybridized carbons (Fsp3) is 0.175. The van der Waals surface area contributed by atoms with Crippen LogP contribution in [0.25, 0.3) is 11.1 Å². The van der Waals surface area contributed by atoms with Gasteiger partial charge in [0.2, 0.25) is 11.8 Å². The first-order chi connectivity index (χ1) is 25.4. The Bertz CT molecular complexity index is 1990. The number of alkyl halides is 3. The normalized spacial score (nSPS) is 10.8. The number of methoxy groups -OCH3 is 1. The molecule has 0 fully saturated rings. The molecule has 0 aliphatic carbocycles. The summed E-state index contributed by atoms with van der Waals surface area (Å²) in [6, 6.07) is 36.9. The molecule has 5 aromatic carbocycles. The average Bonchev–Trinajstić information content (AvgIpc) is 3.16. The van der Waals surface area contributed by atoms with Crippen molar-refractivity contribution >= 4 is 23.5 Å². The number of nitrogens with one attached hydrogen (secondary N) is 1. The summed E-state index contributed by atoms with van der Waals surface area (Å²) in [5.41, 5.74) is 10.7.